The van der Waals surface area contributed by atoms with Crippen LogP contribution >= 0.6 is 62.3 Å². The van der Waals surface area contributed by atoms with Crippen LogP contribution in [0.25, 0.3) is 0 Å². The Morgan fingerprint density at radius 1 is 0.589 bits per heavy atom. The second-order valence-electron chi connectivity index (χ2n) is 9.11. The molecule has 26 nitrogen and oxygen atoms in total. The van der Waals surface area contributed by atoms with E-state index in [4.69, 9.17) is 51.6 Å². The van der Waals surface area contributed by atoms with Gasteiger partial charge in [0.2, 0.25) is 6.20 Å². The minimum Gasteiger partial charge on any atom is -0.619 e. The van der Waals surface area contributed by atoms with E-state index in [1.165, 1.54) is 0 Å². The van der Waals surface area contributed by atoms with Crippen LogP contribution < -0.4 is 24.5 Å². The molecule has 0 bridgehead atoms. The Morgan fingerprint density at radius 3 is 1.48 bits per heavy atom. The zero-order chi connectivity index (χ0) is 43.0. The minimum absolute atomic E-state index is 0.0768. The molecular weight excluding hydrogens is 918 g/mol. The van der Waals surface area contributed by atoms with Crippen molar-refractivity contribution in [3.8, 4) is 0 Å². The molecule has 0 aliphatic heterocycles. The van der Waals surface area contributed by atoms with Crippen LogP contribution in [0.3, 0.4) is 0 Å². The van der Waals surface area contributed by atoms with Gasteiger partial charge in [0.05, 0.1) is 61.1 Å². The van der Waals surface area contributed by atoms with Crippen LogP contribution in [0, 0.1) is 71.4 Å². The van der Waals surface area contributed by atoms with Crippen molar-refractivity contribution >= 4 is 90.8 Å². The average Bonchev–Trinajstić information content (AvgIpc) is 3.12. The average molecular weight is 933 g/mol. The highest BCUT2D eigenvalue weighted by atomic mass is 79.9. The molecule has 5 heterocycles. The van der Waals surface area contributed by atoms with E-state index in [2.05, 4.69) is 15.9 Å². The van der Waals surface area contributed by atoms with Crippen molar-refractivity contribution in [2.75, 3.05) is 0 Å². The maximum absolute atomic E-state index is 10.8. The number of hydrogen-bond acceptors (Lipinski definition) is 16. The number of nitrogens with zero attached hydrogens (tertiary/aromatic N) is 10. The van der Waals surface area contributed by atoms with E-state index in [1.807, 2.05) is 0 Å². The van der Waals surface area contributed by atoms with E-state index in [0.29, 0.717) is 9.46 Å². The summed E-state index contributed by atoms with van der Waals surface area (Å²) in [5, 5.41) is 100. The van der Waals surface area contributed by atoms with Gasteiger partial charge in [-0.3, -0.25) is 55.4 Å². The van der Waals surface area contributed by atoms with E-state index in [0.717, 1.165) is 85.6 Å². The van der Waals surface area contributed by atoms with Crippen LogP contribution in [-0.4, -0.2) is 34.6 Å². The van der Waals surface area contributed by atoms with Gasteiger partial charge in [0.1, 0.15) is 18.2 Å². The third kappa shape index (κ3) is 15.3. The molecule has 56 heavy (non-hydrogen) atoms. The van der Waals surface area contributed by atoms with Gasteiger partial charge in [-0.05, 0) is 34.8 Å². The van der Waals surface area contributed by atoms with Crippen LogP contribution in [-0.2, 0) is 0 Å². The molecule has 0 unspecified atom stereocenters. The van der Waals surface area contributed by atoms with Gasteiger partial charge in [-0.1, -0.05) is 11.6 Å². The summed E-state index contributed by atoms with van der Waals surface area (Å²) < 4.78 is 1.83. The maximum Gasteiger partial charge on any atom is 0.301 e. The Labute approximate surface area is 335 Å². The second kappa shape index (κ2) is 21.8. The molecular formula is C25H15BrCl4N10O16. The molecule has 296 valence electrons. The van der Waals surface area contributed by atoms with E-state index < -0.39 is 30.2 Å². The first-order valence-corrected chi connectivity index (χ1v) is 15.7. The molecule has 0 saturated carbocycles. The highest BCUT2D eigenvalue weighted by Gasteiger charge is 2.19. The SMILES string of the molecule is O=[N+]([O-])c1cc(Cl)[n+]([O-])c(Cl)c1.O=[N+]([O-])c1cc(Cl)[n+]([O-])cc1Cl.O=[N+]([O-])c1cc[n+]([O-])c(Br)c1.O=[N+]([O-])c1cc[n+]([O-])cc1.O=c1cc([N+](=O)[O-])ccn1O. The molecule has 0 aliphatic carbocycles. The molecule has 0 atom stereocenters. The third-order valence-electron chi connectivity index (χ3n) is 5.43. The normalized spacial score (nSPS) is 9.59. The Kier molecular flexibility index (Phi) is 18.4. The Bertz CT molecular complexity index is 2300. The zero-order valence-corrected chi connectivity index (χ0v) is 31.1. The summed E-state index contributed by atoms with van der Waals surface area (Å²) in [4.78, 5) is 57.9. The quantitative estimate of drug-likeness (QED) is 0.0641. The van der Waals surface area contributed by atoms with Gasteiger partial charge < -0.3 is 26.0 Å². The first kappa shape index (κ1) is 47.2. The van der Waals surface area contributed by atoms with Crippen molar-refractivity contribution < 1.29 is 48.7 Å². The summed E-state index contributed by atoms with van der Waals surface area (Å²) in [6.45, 7) is 0. The van der Waals surface area contributed by atoms with E-state index in [1.54, 1.807) is 0 Å². The van der Waals surface area contributed by atoms with E-state index in [9.17, 15) is 76.2 Å². The van der Waals surface area contributed by atoms with Gasteiger partial charge >= 0.3 is 5.69 Å². The molecule has 5 rings (SSSR count). The molecule has 0 fully saturated rings. The Hall–Kier alpha value is -6.81. The first-order chi connectivity index (χ1) is 26.0. The predicted octanol–water partition coefficient (Wildman–Crippen LogP) is 4.28. The maximum atomic E-state index is 10.8. The molecule has 0 amide bonds. The minimum atomic E-state index is -0.820. The van der Waals surface area contributed by atoms with Crippen LogP contribution in [0.4, 0.5) is 28.4 Å². The first-order valence-electron chi connectivity index (χ1n) is 13.3. The summed E-state index contributed by atoms with van der Waals surface area (Å²) in [5.41, 5.74) is -2.03. The number of halogens is 5. The predicted molar refractivity (Wildman–Crippen MR) is 191 cm³/mol. The number of nitro groups is 5. The topological polar surface area (TPSA) is 366 Å². The van der Waals surface area contributed by atoms with E-state index in [-0.39, 0.29) is 67.7 Å². The smallest absolute Gasteiger partial charge is 0.301 e. The highest BCUT2D eigenvalue weighted by Crippen LogP contribution is 2.24. The second-order valence-corrected chi connectivity index (χ2v) is 11.5. The van der Waals surface area contributed by atoms with Gasteiger partial charge in [0.15, 0.2) is 23.6 Å². The van der Waals surface area contributed by atoms with Crippen molar-refractivity contribution in [1.29, 1.82) is 0 Å². The van der Waals surface area contributed by atoms with Gasteiger partial charge in [-0.25, -0.2) is 0 Å². The van der Waals surface area contributed by atoms with Crippen molar-refractivity contribution in [3.63, 3.8) is 0 Å². The molecule has 31 heteroatoms. The van der Waals surface area contributed by atoms with Crippen LogP contribution in [0.15, 0.2) is 95.0 Å². The van der Waals surface area contributed by atoms with Crippen LogP contribution in [0.2, 0.25) is 20.5 Å². The monoisotopic (exact) mass is 930 g/mol. The van der Waals surface area contributed by atoms with Gasteiger partial charge in [0.25, 0.3) is 48.4 Å². The lowest BCUT2D eigenvalue weighted by atomic mass is 10.4. The van der Waals surface area contributed by atoms with Crippen molar-refractivity contribution in [2.45, 2.75) is 0 Å². The molecule has 5 aromatic rings. The Morgan fingerprint density at radius 2 is 1.05 bits per heavy atom. The molecule has 0 spiro atoms. The lowest BCUT2D eigenvalue weighted by molar-refractivity contribution is -0.618. The summed E-state index contributed by atoms with van der Waals surface area (Å²) >= 11 is 24.2. The molecule has 0 radical (unpaired) electrons. The molecule has 0 saturated heterocycles. The molecule has 5 aromatic heterocycles. The number of hydrogen-bond donors (Lipinski definition) is 1. The number of aromatic nitrogens is 5. The standard InChI is InChI=1S/C5H3BrN2O3.2C5H2Cl2N2O3.C5H4N2O4.C5H4N2O3/c6-5-3-4(8(10)11)1-2-7(5)9;6-3-2-8(10)5(7)1-4(3)9(11)12;6-4-1-3(9(11)12)2-5(7)8(4)10;8-5-3-4(7(10)11)1-2-6(5)9;8-6-3-1-5(2-4-6)7(9)10/h1-3H;2*1-2H;1-3,9H;1-4H. The summed E-state index contributed by atoms with van der Waals surface area (Å²) in [6.07, 6.45) is 4.99. The fourth-order valence-electron chi connectivity index (χ4n) is 2.89. The van der Waals surface area contributed by atoms with Gasteiger partial charge in [0, 0.05) is 22.0 Å². The van der Waals surface area contributed by atoms with Gasteiger partial charge in [-0.2, -0.15) is 18.9 Å². The van der Waals surface area contributed by atoms with Crippen LogP contribution in [0.5, 0.6) is 0 Å². The fraction of sp³-hybridized carbons (Fsp3) is 0. The van der Waals surface area contributed by atoms with Crippen molar-refractivity contribution in [1.82, 2.24) is 4.73 Å². The largest absolute Gasteiger partial charge is 0.619 e. The lowest BCUT2D eigenvalue weighted by Crippen LogP contribution is -2.28. The number of rotatable bonds is 5. The molecule has 1 N–H and O–H groups in total. The molecule has 0 aromatic carbocycles. The summed E-state index contributed by atoms with van der Waals surface area (Å²) in [5.74, 6) is 0. The van der Waals surface area contributed by atoms with Crippen molar-refractivity contribution in [2.24, 2.45) is 0 Å². The van der Waals surface area contributed by atoms with Crippen molar-refractivity contribution in [3.05, 3.63) is 192 Å². The van der Waals surface area contributed by atoms with E-state index >= 15 is 0 Å². The summed E-state index contributed by atoms with van der Waals surface area (Å²) in [6, 6.07) is 9.10. The summed E-state index contributed by atoms with van der Waals surface area (Å²) in [7, 11) is 0. The lowest BCUT2D eigenvalue weighted by Gasteiger charge is -1.99. The third-order valence-corrected chi connectivity index (χ3v) is 7.10. The Balaban J connectivity index is 0.000000350. The van der Waals surface area contributed by atoms with Crippen LogP contribution in [0.1, 0.15) is 0 Å². The number of pyridine rings is 5. The van der Waals surface area contributed by atoms with Gasteiger partial charge in [-0.15, -0.1) is 4.73 Å². The molecule has 0 aliphatic rings. The zero-order valence-electron chi connectivity index (χ0n) is 26.5. The fourth-order valence-corrected chi connectivity index (χ4v) is 4.06. The highest BCUT2D eigenvalue weighted by molar-refractivity contribution is 9.10.